The summed E-state index contributed by atoms with van der Waals surface area (Å²) >= 11 is 0. The Labute approximate surface area is 156 Å². The Morgan fingerprint density at radius 1 is 1.19 bits per heavy atom. The van der Waals surface area contributed by atoms with E-state index in [0.717, 1.165) is 24.8 Å². The minimum atomic E-state index is -0.261. The largest absolute Gasteiger partial charge is 0.508 e. The molecule has 0 spiro atoms. The maximum atomic E-state index is 12.0. The predicted octanol–water partition coefficient (Wildman–Crippen LogP) is 2.24. The predicted molar refractivity (Wildman–Crippen MR) is 105 cm³/mol. The fourth-order valence-corrected chi connectivity index (χ4v) is 3.19. The van der Waals surface area contributed by atoms with E-state index in [0.29, 0.717) is 24.8 Å². The van der Waals surface area contributed by atoms with Crippen LogP contribution in [0.3, 0.4) is 0 Å². The Kier molecular flexibility index (Phi) is 6.89. The molecule has 144 valence electrons. The fraction of sp³-hybridized carbons (Fsp3) is 0.600. The summed E-state index contributed by atoms with van der Waals surface area (Å²) in [5.74, 6) is 0.795. The van der Waals surface area contributed by atoms with Crippen molar-refractivity contribution in [1.82, 2.24) is 16.0 Å². The highest BCUT2D eigenvalue weighted by Crippen LogP contribution is 2.30. The molecule has 26 heavy (non-hydrogen) atoms. The van der Waals surface area contributed by atoms with Gasteiger partial charge in [0.1, 0.15) is 5.75 Å². The Morgan fingerprint density at radius 3 is 2.62 bits per heavy atom. The van der Waals surface area contributed by atoms with Gasteiger partial charge in [0.2, 0.25) is 5.91 Å². The van der Waals surface area contributed by atoms with Gasteiger partial charge in [0.05, 0.1) is 13.1 Å². The lowest BCUT2D eigenvalue weighted by Crippen LogP contribution is -2.48. The first-order valence-corrected chi connectivity index (χ1v) is 9.46. The molecule has 0 saturated carbocycles. The van der Waals surface area contributed by atoms with Crippen LogP contribution in [0, 0.1) is 0 Å². The maximum absolute atomic E-state index is 12.0. The number of phenolic OH excluding ortho intramolecular Hbond substituents is 1. The van der Waals surface area contributed by atoms with Gasteiger partial charge in [-0.05, 0) is 70.6 Å². The Hall–Kier alpha value is -2.24. The highest BCUT2D eigenvalue weighted by molar-refractivity contribution is 5.86. The van der Waals surface area contributed by atoms with Gasteiger partial charge >= 0.3 is 0 Å². The van der Waals surface area contributed by atoms with Gasteiger partial charge in [-0.25, -0.2) is 4.99 Å². The van der Waals surface area contributed by atoms with Crippen molar-refractivity contribution in [3.8, 4) is 5.75 Å². The molecule has 2 rings (SSSR count). The van der Waals surface area contributed by atoms with Crippen molar-refractivity contribution >= 4 is 11.9 Å². The zero-order valence-corrected chi connectivity index (χ0v) is 16.4. The number of carbonyl (C=O) groups excluding carboxylic acids is 1. The Bertz CT molecular complexity index is 663. The van der Waals surface area contributed by atoms with Crippen LogP contribution in [0.25, 0.3) is 0 Å². The van der Waals surface area contributed by atoms with Crippen LogP contribution in [0.4, 0.5) is 0 Å². The first-order chi connectivity index (χ1) is 12.3. The number of hydrogen-bond acceptors (Lipinski definition) is 3. The van der Waals surface area contributed by atoms with E-state index in [1.165, 1.54) is 17.5 Å². The second-order valence-corrected chi connectivity index (χ2v) is 7.75. The van der Waals surface area contributed by atoms with E-state index in [4.69, 9.17) is 0 Å². The zero-order valence-electron chi connectivity index (χ0n) is 16.4. The van der Waals surface area contributed by atoms with Crippen molar-refractivity contribution in [2.24, 2.45) is 4.99 Å². The molecule has 0 heterocycles. The van der Waals surface area contributed by atoms with Gasteiger partial charge in [-0.2, -0.15) is 0 Å². The lowest BCUT2D eigenvalue weighted by atomic mass is 9.88. The van der Waals surface area contributed by atoms with Crippen LogP contribution in [0.1, 0.15) is 57.2 Å². The van der Waals surface area contributed by atoms with Gasteiger partial charge in [0, 0.05) is 17.6 Å². The highest BCUT2D eigenvalue weighted by Gasteiger charge is 2.17. The van der Waals surface area contributed by atoms with Gasteiger partial charge < -0.3 is 21.1 Å². The van der Waals surface area contributed by atoms with E-state index in [9.17, 15) is 9.90 Å². The number of fused-ring (bicyclic) bond motifs is 1. The number of aliphatic imine (C=N–C) groups is 1. The lowest BCUT2D eigenvalue weighted by Gasteiger charge is -2.21. The van der Waals surface area contributed by atoms with Gasteiger partial charge in [-0.3, -0.25) is 4.79 Å². The molecule has 4 N–H and O–H groups in total. The number of phenols is 1. The molecule has 0 atom stereocenters. The van der Waals surface area contributed by atoms with Crippen molar-refractivity contribution < 1.29 is 9.90 Å². The number of nitrogens with zero attached hydrogens (tertiary/aromatic N) is 1. The number of carbonyl (C=O) groups is 1. The summed E-state index contributed by atoms with van der Waals surface area (Å²) in [6.45, 7) is 9.08. The van der Waals surface area contributed by atoms with Gasteiger partial charge in [-0.15, -0.1) is 0 Å². The lowest BCUT2D eigenvalue weighted by molar-refractivity contribution is -0.121. The van der Waals surface area contributed by atoms with Crippen molar-refractivity contribution in [3.05, 3.63) is 28.8 Å². The van der Waals surface area contributed by atoms with Crippen molar-refractivity contribution in [2.45, 2.75) is 65.5 Å². The van der Waals surface area contributed by atoms with Crippen LogP contribution in [0.2, 0.25) is 0 Å². The first-order valence-electron chi connectivity index (χ1n) is 9.46. The van der Waals surface area contributed by atoms with E-state index in [-0.39, 0.29) is 18.0 Å². The van der Waals surface area contributed by atoms with E-state index in [1.54, 1.807) is 6.07 Å². The molecule has 0 aromatic heterocycles. The molecule has 1 aromatic rings. The quantitative estimate of drug-likeness (QED) is 0.479. The molecule has 6 heteroatoms. The number of aromatic hydroxyl groups is 1. The topological polar surface area (TPSA) is 85.8 Å². The van der Waals surface area contributed by atoms with Gasteiger partial charge in [0.25, 0.3) is 0 Å². The van der Waals surface area contributed by atoms with Crippen molar-refractivity contribution in [2.75, 3.05) is 13.1 Å². The SMILES string of the molecule is CCNC(=NCc1c(O)ccc2c1CCCC2)NCC(=O)NC(C)(C)C. The Balaban J connectivity index is 2.06. The number of hydrogen-bond donors (Lipinski definition) is 4. The van der Waals surface area contributed by atoms with Crippen LogP contribution >= 0.6 is 0 Å². The van der Waals surface area contributed by atoms with E-state index in [1.807, 2.05) is 33.8 Å². The third-order valence-electron chi connectivity index (χ3n) is 4.30. The summed E-state index contributed by atoms with van der Waals surface area (Å²) < 4.78 is 0. The minimum Gasteiger partial charge on any atom is -0.508 e. The second kappa shape index (κ2) is 8.92. The van der Waals surface area contributed by atoms with Crippen molar-refractivity contribution in [1.29, 1.82) is 0 Å². The number of nitrogens with one attached hydrogen (secondary N) is 3. The molecule has 6 nitrogen and oxygen atoms in total. The van der Waals surface area contributed by atoms with Crippen LogP contribution in [-0.2, 0) is 24.2 Å². The molecule has 0 bridgehead atoms. The number of guanidine groups is 1. The summed E-state index contributed by atoms with van der Waals surface area (Å²) in [6.07, 6.45) is 4.41. The second-order valence-electron chi connectivity index (χ2n) is 7.75. The van der Waals surface area contributed by atoms with Gasteiger partial charge in [0.15, 0.2) is 5.96 Å². The minimum absolute atomic E-state index is 0.0805. The third-order valence-corrected chi connectivity index (χ3v) is 4.30. The Morgan fingerprint density at radius 2 is 1.92 bits per heavy atom. The number of rotatable bonds is 5. The number of amides is 1. The molecular weight excluding hydrogens is 328 g/mol. The standard InChI is InChI=1S/C20H32N4O2/c1-5-21-19(23-13-18(26)24-20(2,3)4)22-12-16-15-9-7-6-8-14(15)10-11-17(16)25/h10-11,25H,5-9,12-13H2,1-4H3,(H,24,26)(H2,21,22,23). The van der Waals surface area contributed by atoms with E-state index in [2.05, 4.69) is 20.9 Å². The molecule has 0 fully saturated rings. The van der Waals surface area contributed by atoms with Crippen LogP contribution in [0.5, 0.6) is 5.75 Å². The average Bonchev–Trinajstić information content (AvgIpc) is 2.57. The molecule has 1 aromatic carbocycles. The molecule has 0 unspecified atom stereocenters. The normalized spacial score (nSPS) is 14.5. The van der Waals surface area contributed by atoms with Gasteiger partial charge in [-0.1, -0.05) is 6.07 Å². The summed E-state index contributed by atoms with van der Waals surface area (Å²) in [5, 5.41) is 19.4. The molecule has 1 amide bonds. The third kappa shape index (κ3) is 5.93. The summed E-state index contributed by atoms with van der Waals surface area (Å²) in [7, 11) is 0. The van der Waals surface area contributed by atoms with E-state index >= 15 is 0 Å². The number of benzene rings is 1. The number of aryl methyl sites for hydroxylation is 1. The molecular formula is C20H32N4O2. The highest BCUT2D eigenvalue weighted by atomic mass is 16.3. The van der Waals surface area contributed by atoms with E-state index < -0.39 is 0 Å². The van der Waals surface area contributed by atoms with Crippen LogP contribution in [-0.4, -0.2) is 35.6 Å². The molecule has 0 radical (unpaired) electrons. The summed E-state index contributed by atoms with van der Waals surface area (Å²) in [5.41, 5.74) is 3.20. The smallest absolute Gasteiger partial charge is 0.239 e. The molecule has 0 saturated heterocycles. The summed E-state index contributed by atoms with van der Waals surface area (Å²) in [6, 6.07) is 3.80. The van der Waals surface area contributed by atoms with Crippen LogP contribution in [0.15, 0.2) is 17.1 Å². The molecule has 0 aliphatic heterocycles. The molecule has 1 aliphatic rings. The zero-order chi connectivity index (χ0) is 19.2. The maximum Gasteiger partial charge on any atom is 0.239 e. The van der Waals surface area contributed by atoms with Crippen LogP contribution < -0.4 is 16.0 Å². The monoisotopic (exact) mass is 360 g/mol. The fourth-order valence-electron chi connectivity index (χ4n) is 3.19. The average molecular weight is 361 g/mol. The first kappa shape index (κ1) is 20.1. The summed E-state index contributed by atoms with van der Waals surface area (Å²) in [4.78, 5) is 16.6. The van der Waals surface area contributed by atoms with Crippen molar-refractivity contribution in [3.63, 3.8) is 0 Å². The molecule has 1 aliphatic carbocycles.